The molecule has 4 aromatic heterocycles. The number of fused-ring (bicyclic) bond motifs is 6. The number of thiophene rings is 4. The van der Waals surface area contributed by atoms with E-state index >= 15 is 0 Å². The van der Waals surface area contributed by atoms with Gasteiger partial charge >= 0.3 is 12.4 Å². The van der Waals surface area contributed by atoms with Crippen LogP contribution in [-0.4, -0.2) is 0 Å². The number of halogens is 6. The van der Waals surface area contributed by atoms with Crippen LogP contribution in [0.1, 0.15) is 19.5 Å². The average molecular weight is 541 g/mol. The molecule has 0 saturated heterocycles. The van der Waals surface area contributed by atoms with Crippen molar-refractivity contribution in [2.75, 3.05) is 0 Å². The first-order valence-electron chi connectivity index (χ1n) is 9.81. The van der Waals surface area contributed by atoms with Gasteiger partial charge in [-0.15, -0.1) is 45.3 Å². The minimum atomic E-state index is -4.37. The van der Waals surface area contributed by atoms with Crippen LogP contribution in [0.4, 0.5) is 26.3 Å². The first kappa shape index (κ1) is 22.1. The van der Waals surface area contributed by atoms with Crippen LogP contribution in [0.5, 0.6) is 0 Å². The Morgan fingerprint density at radius 1 is 0.471 bits per heavy atom. The predicted molar refractivity (Wildman–Crippen MR) is 133 cm³/mol. The Morgan fingerprint density at radius 2 is 0.794 bits per heavy atom. The highest BCUT2D eigenvalue weighted by atomic mass is 32.1. The molecular weight excluding hydrogens is 531 g/mol. The normalized spacial score (nSPS) is 13.5. The van der Waals surface area contributed by atoms with Crippen molar-refractivity contribution >= 4 is 97.8 Å². The molecule has 0 unspecified atom stereocenters. The van der Waals surface area contributed by atoms with E-state index in [9.17, 15) is 26.3 Å². The molecule has 0 N–H and O–H groups in total. The molecule has 4 heterocycles. The Kier molecular flexibility index (Phi) is 4.90. The number of rotatable bonds is 2. The molecule has 0 radical (unpaired) electrons. The molecule has 0 amide bonds. The monoisotopic (exact) mass is 540 g/mol. The highest BCUT2D eigenvalue weighted by Gasteiger charge is 2.34. The lowest BCUT2D eigenvalue weighted by atomic mass is 10.1. The second-order valence-electron chi connectivity index (χ2n) is 7.63. The van der Waals surface area contributed by atoms with E-state index < -0.39 is 22.1 Å². The topological polar surface area (TPSA) is 0 Å². The molecule has 6 aromatic rings. The van der Waals surface area contributed by atoms with Crippen molar-refractivity contribution in [1.29, 1.82) is 0 Å². The Balaban J connectivity index is 1.38. The second kappa shape index (κ2) is 7.55. The fourth-order valence-corrected chi connectivity index (χ4v) is 7.76. The number of benzene rings is 2. The minimum absolute atomic E-state index is 0.591. The van der Waals surface area contributed by atoms with E-state index in [4.69, 9.17) is 0 Å². The number of hydrogen-bond acceptors (Lipinski definition) is 4. The van der Waals surface area contributed by atoms with Gasteiger partial charge in [-0.3, -0.25) is 0 Å². The van der Waals surface area contributed by atoms with Gasteiger partial charge < -0.3 is 0 Å². The quantitative estimate of drug-likeness (QED) is 0.192. The van der Waals surface area contributed by atoms with Crippen LogP contribution in [0.2, 0.25) is 0 Å². The molecule has 0 aliphatic rings. The fraction of sp³-hybridized carbons (Fsp3) is 0.0833. The highest BCUT2D eigenvalue weighted by molar-refractivity contribution is 7.22. The zero-order valence-electron chi connectivity index (χ0n) is 16.7. The maximum absolute atomic E-state index is 13.1. The number of alkyl halides is 6. The predicted octanol–water partition coefficient (Wildman–Crippen LogP) is 10.8. The van der Waals surface area contributed by atoms with E-state index in [2.05, 4.69) is 0 Å². The summed E-state index contributed by atoms with van der Waals surface area (Å²) in [5.74, 6) is 0. The van der Waals surface area contributed by atoms with E-state index in [1.165, 1.54) is 34.8 Å². The standard InChI is InChI=1S/C24H10F6S4/c25-23(26,27)21-9-15-13-7-11(31-17(13)3-5-19(15)33-21)1-2-12-8-14-16-10-22(24(28,29)30)34-20(16)6-4-18(14)32-12/h1-10H. The molecule has 0 aliphatic carbocycles. The summed E-state index contributed by atoms with van der Waals surface area (Å²) in [6, 6.07) is 13.3. The van der Waals surface area contributed by atoms with E-state index in [-0.39, 0.29) is 0 Å². The van der Waals surface area contributed by atoms with Crippen LogP contribution >= 0.6 is 45.3 Å². The zero-order valence-corrected chi connectivity index (χ0v) is 19.9. The Labute approximate surface area is 204 Å². The summed E-state index contributed by atoms with van der Waals surface area (Å²) in [6.07, 6.45) is -4.95. The van der Waals surface area contributed by atoms with Crippen LogP contribution in [0.15, 0.2) is 48.5 Å². The number of hydrogen-bond donors (Lipinski definition) is 0. The summed E-state index contributed by atoms with van der Waals surface area (Å²) in [7, 11) is 0. The van der Waals surface area contributed by atoms with Crippen LogP contribution in [0.3, 0.4) is 0 Å². The summed E-state index contributed by atoms with van der Waals surface area (Å²) in [4.78, 5) is 0.550. The lowest BCUT2D eigenvalue weighted by molar-refractivity contribution is -0.135. The lowest BCUT2D eigenvalue weighted by Crippen LogP contribution is -2.00. The molecule has 172 valence electrons. The maximum Gasteiger partial charge on any atom is 0.425 e. The van der Waals surface area contributed by atoms with Crippen molar-refractivity contribution in [1.82, 2.24) is 0 Å². The third-order valence-corrected chi connectivity index (χ3v) is 9.83. The van der Waals surface area contributed by atoms with Gasteiger partial charge in [0.15, 0.2) is 0 Å². The maximum atomic E-state index is 13.1. The third kappa shape index (κ3) is 3.73. The average Bonchev–Trinajstić information content (AvgIpc) is 3.52. The van der Waals surface area contributed by atoms with Gasteiger partial charge in [-0.2, -0.15) is 26.3 Å². The molecule has 0 saturated carbocycles. The molecule has 6 rings (SSSR count). The first-order valence-corrected chi connectivity index (χ1v) is 13.1. The molecule has 34 heavy (non-hydrogen) atoms. The molecule has 2 aromatic carbocycles. The molecule has 0 fully saturated rings. The smallest absolute Gasteiger partial charge is 0.165 e. The Morgan fingerprint density at radius 3 is 1.15 bits per heavy atom. The van der Waals surface area contributed by atoms with Gasteiger partial charge in [0.1, 0.15) is 9.75 Å². The van der Waals surface area contributed by atoms with Crippen LogP contribution in [0.25, 0.3) is 52.5 Å². The van der Waals surface area contributed by atoms with Crippen molar-refractivity contribution in [2.24, 2.45) is 0 Å². The van der Waals surface area contributed by atoms with E-state index in [1.54, 1.807) is 12.1 Å². The first-order chi connectivity index (χ1) is 16.1. The van der Waals surface area contributed by atoms with Crippen molar-refractivity contribution in [3.05, 3.63) is 68.0 Å². The summed E-state index contributed by atoms with van der Waals surface area (Å²) < 4.78 is 81.8. The van der Waals surface area contributed by atoms with Crippen LogP contribution < -0.4 is 0 Å². The molecule has 0 atom stereocenters. The second-order valence-corrected chi connectivity index (χ2v) is 12.0. The SMILES string of the molecule is FC(F)(F)c1cc2c(ccc3sc(C=Cc4cc5c(ccc6sc(C(F)(F)F)cc65)s4)cc32)s1. The zero-order chi connectivity index (χ0) is 23.8. The van der Waals surface area contributed by atoms with Crippen molar-refractivity contribution in [3.8, 4) is 0 Å². The molecule has 0 nitrogen and oxygen atoms in total. The molecule has 10 heteroatoms. The summed E-state index contributed by atoms with van der Waals surface area (Å²) >= 11 is 4.44. The van der Waals surface area contributed by atoms with Gasteiger partial charge in [-0.1, -0.05) is 0 Å². The van der Waals surface area contributed by atoms with Crippen molar-refractivity contribution in [3.63, 3.8) is 0 Å². The van der Waals surface area contributed by atoms with Crippen molar-refractivity contribution in [2.45, 2.75) is 12.4 Å². The van der Waals surface area contributed by atoms with E-state index in [1.807, 2.05) is 36.4 Å². The Hall–Kier alpha value is -2.40. The van der Waals surface area contributed by atoms with E-state index in [0.717, 1.165) is 52.6 Å². The molecule has 0 spiro atoms. The fourth-order valence-electron chi connectivity index (χ4n) is 3.91. The van der Waals surface area contributed by atoms with Gasteiger partial charge in [-0.25, -0.2) is 0 Å². The summed E-state index contributed by atoms with van der Waals surface area (Å²) in [5, 5.41) is 2.75. The molecule has 0 bridgehead atoms. The van der Waals surface area contributed by atoms with Crippen LogP contribution in [-0.2, 0) is 12.4 Å². The van der Waals surface area contributed by atoms with Gasteiger partial charge in [0.2, 0.25) is 0 Å². The largest absolute Gasteiger partial charge is 0.425 e. The van der Waals surface area contributed by atoms with Crippen LogP contribution in [0, 0.1) is 0 Å². The lowest BCUT2D eigenvalue weighted by Gasteiger charge is -1.99. The van der Waals surface area contributed by atoms with Gasteiger partial charge in [0.05, 0.1) is 0 Å². The minimum Gasteiger partial charge on any atom is -0.165 e. The molecule has 0 aliphatic heterocycles. The van der Waals surface area contributed by atoms with Gasteiger partial charge in [0.25, 0.3) is 0 Å². The third-order valence-electron chi connectivity index (χ3n) is 5.40. The molecular formula is C24H10F6S4. The van der Waals surface area contributed by atoms with E-state index in [0.29, 0.717) is 20.2 Å². The Bertz CT molecular complexity index is 1610. The van der Waals surface area contributed by atoms with Crippen molar-refractivity contribution < 1.29 is 26.3 Å². The van der Waals surface area contributed by atoms with Gasteiger partial charge in [-0.05, 0) is 60.7 Å². The summed E-state index contributed by atoms with van der Waals surface area (Å²) in [5.41, 5.74) is 0. The van der Waals surface area contributed by atoms with Gasteiger partial charge in [0, 0.05) is 50.1 Å². The highest BCUT2D eigenvalue weighted by Crippen LogP contribution is 2.44. The summed E-state index contributed by atoms with van der Waals surface area (Å²) in [6.45, 7) is 0.